The molecular formula is C22H20N4O3S. The number of aromatic nitrogens is 3. The lowest BCUT2D eigenvalue weighted by atomic mass is 10.1. The first-order valence-electron chi connectivity index (χ1n) is 9.33. The Morgan fingerprint density at radius 3 is 2.67 bits per heavy atom. The zero-order valence-corrected chi connectivity index (χ0v) is 17.3. The topological polar surface area (TPSA) is 98.0 Å². The van der Waals surface area contributed by atoms with Crippen LogP contribution in [0.2, 0.25) is 0 Å². The fraction of sp³-hybridized carbons (Fsp3) is 0.136. The van der Waals surface area contributed by atoms with Crippen molar-refractivity contribution in [3.8, 4) is 11.4 Å². The minimum atomic E-state index is -3.74. The number of pyridine rings is 1. The van der Waals surface area contributed by atoms with E-state index in [2.05, 4.69) is 19.8 Å². The molecule has 4 aromatic rings. The standard InChI is InChI=1S/C22H20N4O3S/c1-15-9-10-16(2)20(12-15)30(27,28)26-19-8-4-3-6-17(19)13-21-24-22(25-29-21)18-7-5-11-23-14-18/h3-12,14,26H,13H2,1-2H3. The number of nitrogens with one attached hydrogen (secondary N) is 1. The number of sulfonamides is 1. The van der Waals surface area contributed by atoms with Gasteiger partial charge in [0.2, 0.25) is 11.7 Å². The number of rotatable bonds is 6. The van der Waals surface area contributed by atoms with Gasteiger partial charge in [-0.25, -0.2) is 8.42 Å². The number of benzene rings is 2. The van der Waals surface area contributed by atoms with Crippen LogP contribution >= 0.6 is 0 Å². The van der Waals surface area contributed by atoms with Gasteiger partial charge in [0, 0.05) is 18.0 Å². The molecule has 0 spiro atoms. The van der Waals surface area contributed by atoms with E-state index in [-0.39, 0.29) is 4.90 Å². The highest BCUT2D eigenvalue weighted by molar-refractivity contribution is 7.92. The summed E-state index contributed by atoms with van der Waals surface area (Å²) in [7, 11) is -3.74. The normalized spacial score (nSPS) is 11.4. The van der Waals surface area contributed by atoms with Crippen molar-refractivity contribution in [3.05, 3.63) is 89.6 Å². The number of aryl methyl sites for hydroxylation is 2. The Bertz CT molecular complexity index is 1280. The van der Waals surface area contributed by atoms with Crippen LogP contribution < -0.4 is 4.72 Å². The molecule has 0 radical (unpaired) electrons. The van der Waals surface area contributed by atoms with Crippen LogP contribution in [-0.2, 0) is 16.4 Å². The molecule has 7 nitrogen and oxygen atoms in total. The van der Waals surface area contributed by atoms with Crippen LogP contribution in [0.5, 0.6) is 0 Å². The maximum absolute atomic E-state index is 13.0. The summed E-state index contributed by atoms with van der Waals surface area (Å²) in [6, 6.07) is 16.1. The SMILES string of the molecule is Cc1ccc(C)c(S(=O)(=O)Nc2ccccc2Cc2nc(-c3cccnc3)no2)c1. The van der Waals surface area contributed by atoms with Crippen molar-refractivity contribution in [2.24, 2.45) is 0 Å². The Morgan fingerprint density at radius 1 is 1.03 bits per heavy atom. The molecule has 8 heteroatoms. The van der Waals surface area contributed by atoms with E-state index in [4.69, 9.17) is 4.52 Å². The van der Waals surface area contributed by atoms with Crippen LogP contribution in [-0.4, -0.2) is 23.5 Å². The highest BCUT2D eigenvalue weighted by atomic mass is 32.2. The number of para-hydroxylation sites is 1. The zero-order valence-electron chi connectivity index (χ0n) is 16.5. The average Bonchev–Trinajstić information content (AvgIpc) is 3.20. The molecule has 30 heavy (non-hydrogen) atoms. The predicted octanol–water partition coefficient (Wildman–Crippen LogP) is 4.14. The molecule has 0 aliphatic rings. The lowest BCUT2D eigenvalue weighted by Gasteiger charge is -2.13. The minimum Gasteiger partial charge on any atom is -0.339 e. The molecule has 4 rings (SSSR count). The lowest BCUT2D eigenvalue weighted by Crippen LogP contribution is -2.15. The third-order valence-electron chi connectivity index (χ3n) is 4.62. The fourth-order valence-electron chi connectivity index (χ4n) is 3.07. The van der Waals surface area contributed by atoms with Gasteiger partial charge in [-0.2, -0.15) is 4.98 Å². The summed E-state index contributed by atoms with van der Waals surface area (Å²) in [4.78, 5) is 8.71. The largest absolute Gasteiger partial charge is 0.339 e. The monoisotopic (exact) mass is 420 g/mol. The smallest absolute Gasteiger partial charge is 0.262 e. The van der Waals surface area contributed by atoms with Crippen molar-refractivity contribution in [3.63, 3.8) is 0 Å². The Hall–Kier alpha value is -3.52. The van der Waals surface area contributed by atoms with Crippen molar-refractivity contribution in [2.75, 3.05) is 4.72 Å². The Morgan fingerprint density at radius 2 is 1.87 bits per heavy atom. The maximum atomic E-state index is 13.0. The van der Waals surface area contributed by atoms with Crippen molar-refractivity contribution < 1.29 is 12.9 Å². The maximum Gasteiger partial charge on any atom is 0.262 e. The summed E-state index contributed by atoms with van der Waals surface area (Å²) >= 11 is 0. The van der Waals surface area contributed by atoms with Gasteiger partial charge in [0.05, 0.1) is 17.0 Å². The van der Waals surface area contributed by atoms with Crippen molar-refractivity contribution >= 4 is 15.7 Å². The van der Waals surface area contributed by atoms with Crippen LogP contribution in [0.15, 0.2) is 76.4 Å². The number of hydrogen-bond donors (Lipinski definition) is 1. The van der Waals surface area contributed by atoms with E-state index in [9.17, 15) is 8.42 Å². The fourth-order valence-corrected chi connectivity index (χ4v) is 4.50. The summed E-state index contributed by atoms with van der Waals surface area (Å²) in [6.45, 7) is 3.64. The van der Waals surface area contributed by atoms with E-state index in [0.717, 1.165) is 16.7 Å². The molecule has 0 saturated heterocycles. The molecular weight excluding hydrogens is 400 g/mol. The predicted molar refractivity (Wildman–Crippen MR) is 114 cm³/mol. The molecule has 0 unspecified atom stereocenters. The van der Waals surface area contributed by atoms with Gasteiger partial charge in [-0.15, -0.1) is 0 Å². The highest BCUT2D eigenvalue weighted by Gasteiger charge is 2.19. The molecule has 2 aromatic heterocycles. The molecule has 0 atom stereocenters. The molecule has 1 N–H and O–H groups in total. The summed E-state index contributed by atoms with van der Waals surface area (Å²) in [5.74, 6) is 0.818. The van der Waals surface area contributed by atoms with Crippen molar-refractivity contribution in [2.45, 2.75) is 25.2 Å². The van der Waals surface area contributed by atoms with E-state index in [1.807, 2.05) is 31.2 Å². The molecule has 0 fully saturated rings. The van der Waals surface area contributed by atoms with Gasteiger partial charge in [0.25, 0.3) is 10.0 Å². The van der Waals surface area contributed by atoms with E-state index < -0.39 is 10.0 Å². The third-order valence-corrected chi connectivity index (χ3v) is 6.13. The van der Waals surface area contributed by atoms with Crippen LogP contribution in [0.25, 0.3) is 11.4 Å². The lowest BCUT2D eigenvalue weighted by molar-refractivity contribution is 0.386. The summed E-state index contributed by atoms with van der Waals surface area (Å²) < 4.78 is 34.1. The van der Waals surface area contributed by atoms with E-state index in [1.165, 1.54) is 0 Å². The summed E-state index contributed by atoms with van der Waals surface area (Å²) in [6.07, 6.45) is 3.61. The summed E-state index contributed by atoms with van der Waals surface area (Å²) in [5.41, 5.74) is 3.51. The Balaban J connectivity index is 1.61. The number of hydrogen-bond acceptors (Lipinski definition) is 6. The molecule has 0 aliphatic heterocycles. The van der Waals surface area contributed by atoms with Crippen LogP contribution in [0, 0.1) is 13.8 Å². The van der Waals surface area contributed by atoms with Gasteiger partial charge in [0.15, 0.2) is 0 Å². The molecule has 0 bridgehead atoms. The second-order valence-corrected chi connectivity index (χ2v) is 8.61. The van der Waals surface area contributed by atoms with Crippen LogP contribution in [0.1, 0.15) is 22.6 Å². The van der Waals surface area contributed by atoms with Gasteiger partial charge >= 0.3 is 0 Å². The minimum absolute atomic E-state index is 0.258. The van der Waals surface area contributed by atoms with E-state index in [1.54, 1.807) is 49.6 Å². The number of nitrogens with zero attached hydrogens (tertiary/aromatic N) is 3. The van der Waals surface area contributed by atoms with Crippen LogP contribution in [0.3, 0.4) is 0 Å². The molecule has 2 heterocycles. The van der Waals surface area contributed by atoms with Gasteiger partial charge in [-0.3, -0.25) is 9.71 Å². The summed E-state index contributed by atoms with van der Waals surface area (Å²) in [5, 5.41) is 3.99. The van der Waals surface area contributed by atoms with Crippen molar-refractivity contribution in [1.82, 2.24) is 15.1 Å². The molecule has 2 aromatic carbocycles. The molecule has 152 valence electrons. The Kier molecular flexibility index (Phi) is 5.33. The first-order chi connectivity index (χ1) is 14.4. The molecule has 0 amide bonds. The molecule has 0 saturated carbocycles. The quantitative estimate of drug-likeness (QED) is 0.503. The highest BCUT2D eigenvalue weighted by Crippen LogP contribution is 2.25. The van der Waals surface area contributed by atoms with Gasteiger partial charge in [0.1, 0.15) is 0 Å². The second kappa shape index (κ2) is 8.08. The zero-order chi connectivity index (χ0) is 21.1. The van der Waals surface area contributed by atoms with Crippen molar-refractivity contribution in [1.29, 1.82) is 0 Å². The Labute approximate surface area is 174 Å². The van der Waals surface area contributed by atoms with Gasteiger partial charge in [-0.05, 0) is 54.8 Å². The first kappa shape index (κ1) is 19.8. The third kappa shape index (κ3) is 4.23. The second-order valence-electron chi connectivity index (χ2n) is 6.96. The van der Waals surface area contributed by atoms with Gasteiger partial charge < -0.3 is 4.52 Å². The number of anilines is 1. The van der Waals surface area contributed by atoms with Gasteiger partial charge in [-0.1, -0.05) is 35.5 Å². The van der Waals surface area contributed by atoms with E-state index >= 15 is 0 Å². The first-order valence-corrected chi connectivity index (χ1v) is 10.8. The molecule has 0 aliphatic carbocycles. The van der Waals surface area contributed by atoms with E-state index in [0.29, 0.717) is 29.4 Å². The van der Waals surface area contributed by atoms with Crippen LogP contribution in [0.4, 0.5) is 5.69 Å². The average molecular weight is 420 g/mol.